The molecule has 1 atom stereocenters. The van der Waals surface area contributed by atoms with E-state index in [9.17, 15) is 0 Å². The molecule has 2 aromatic heterocycles. The number of allylic oxidation sites excluding steroid dienone is 2. The van der Waals surface area contributed by atoms with Crippen molar-refractivity contribution in [2.75, 3.05) is 7.11 Å². The summed E-state index contributed by atoms with van der Waals surface area (Å²) in [5.74, 6) is 0.843. The lowest BCUT2D eigenvalue weighted by Crippen LogP contribution is -2.04. The molecule has 4 rings (SSSR count). The Morgan fingerprint density at radius 1 is 1.22 bits per heavy atom. The van der Waals surface area contributed by atoms with Crippen LogP contribution < -0.4 is 4.74 Å². The Morgan fingerprint density at radius 3 is 2.74 bits per heavy atom. The molecule has 0 fully saturated rings. The predicted molar refractivity (Wildman–Crippen MR) is 89.2 cm³/mol. The minimum atomic E-state index is 0.354. The highest BCUT2D eigenvalue weighted by molar-refractivity contribution is 5.77. The van der Waals surface area contributed by atoms with Crippen molar-refractivity contribution in [3.8, 4) is 28.4 Å². The number of benzene rings is 1. The molecule has 23 heavy (non-hydrogen) atoms. The highest BCUT2D eigenvalue weighted by atomic mass is 16.5. The topological polar surface area (TPSA) is 55.7 Å². The molecule has 0 saturated carbocycles. The molecule has 0 spiro atoms. The van der Waals surface area contributed by atoms with Crippen LogP contribution in [0.1, 0.15) is 18.9 Å². The average Bonchev–Trinajstić information content (AvgIpc) is 3.33. The van der Waals surface area contributed by atoms with Gasteiger partial charge in [0.2, 0.25) is 0 Å². The maximum Gasteiger partial charge on any atom is 0.118 e. The van der Waals surface area contributed by atoms with Crippen molar-refractivity contribution in [2.24, 2.45) is 0 Å². The van der Waals surface area contributed by atoms with Crippen LogP contribution in [0.15, 0.2) is 55.0 Å². The van der Waals surface area contributed by atoms with Crippen LogP contribution in [-0.2, 0) is 0 Å². The van der Waals surface area contributed by atoms with Gasteiger partial charge in [-0.3, -0.25) is 5.10 Å². The van der Waals surface area contributed by atoms with E-state index in [-0.39, 0.29) is 0 Å². The van der Waals surface area contributed by atoms with Gasteiger partial charge in [-0.25, -0.2) is 4.98 Å². The van der Waals surface area contributed by atoms with Gasteiger partial charge in [0.15, 0.2) is 0 Å². The number of hydrogen-bond donors (Lipinski definition) is 1. The molecule has 0 saturated heterocycles. The number of imidazole rings is 1. The fraction of sp³-hybridized carbons (Fsp3) is 0.222. The van der Waals surface area contributed by atoms with Crippen molar-refractivity contribution in [1.82, 2.24) is 19.7 Å². The Labute approximate surface area is 134 Å². The molecular formula is C18H18N4O. The van der Waals surface area contributed by atoms with Gasteiger partial charge >= 0.3 is 0 Å². The first-order valence-electron chi connectivity index (χ1n) is 7.74. The van der Waals surface area contributed by atoms with Crippen LogP contribution in [0, 0.1) is 0 Å². The lowest BCUT2D eigenvalue weighted by molar-refractivity contribution is 0.415. The van der Waals surface area contributed by atoms with Crippen LogP contribution in [0.5, 0.6) is 5.75 Å². The number of hydrogen-bond acceptors (Lipinski definition) is 3. The number of aromatic amines is 1. The third-order valence-corrected chi connectivity index (χ3v) is 4.26. The Morgan fingerprint density at radius 2 is 2.09 bits per heavy atom. The van der Waals surface area contributed by atoms with Gasteiger partial charge < -0.3 is 9.30 Å². The van der Waals surface area contributed by atoms with E-state index in [1.165, 1.54) is 0 Å². The van der Waals surface area contributed by atoms with E-state index >= 15 is 0 Å². The van der Waals surface area contributed by atoms with E-state index in [2.05, 4.69) is 31.9 Å². The van der Waals surface area contributed by atoms with Gasteiger partial charge in [-0.2, -0.15) is 5.10 Å². The molecule has 3 aromatic rings. The number of aromatic nitrogens is 4. The summed E-state index contributed by atoms with van der Waals surface area (Å²) in [7, 11) is 1.67. The first-order chi connectivity index (χ1) is 11.4. The minimum absolute atomic E-state index is 0.354. The maximum atomic E-state index is 5.24. The zero-order valence-electron chi connectivity index (χ0n) is 12.9. The fourth-order valence-electron chi connectivity index (χ4n) is 3.08. The van der Waals surface area contributed by atoms with Crippen LogP contribution in [0.3, 0.4) is 0 Å². The molecule has 116 valence electrons. The molecule has 5 nitrogen and oxygen atoms in total. The van der Waals surface area contributed by atoms with Crippen molar-refractivity contribution in [1.29, 1.82) is 0 Å². The Kier molecular flexibility index (Phi) is 3.46. The molecule has 1 aliphatic rings. The van der Waals surface area contributed by atoms with E-state index < -0.39 is 0 Å². The maximum absolute atomic E-state index is 5.24. The third kappa shape index (κ3) is 2.44. The number of methoxy groups -OCH3 is 1. The summed E-state index contributed by atoms with van der Waals surface area (Å²) in [6.45, 7) is 0. The summed E-state index contributed by atoms with van der Waals surface area (Å²) in [6, 6.07) is 10.3. The second-order valence-electron chi connectivity index (χ2n) is 5.62. The second-order valence-corrected chi connectivity index (χ2v) is 5.62. The van der Waals surface area contributed by atoms with Crippen molar-refractivity contribution in [2.45, 2.75) is 18.9 Å². The van der Waals surface area contributed by atoms with Gasteiger partial charge in [-0.1, -0.05) is 12.2 Å². The highest BCUT2D eigenvalue weighted by Gasteiger charge is 2.21. The first-order valence-corrected chi connectivity index (χ1v) is 7.74. The van der Waals surface area contributed by atoms with Crippen LogP contribution in [-0.4, -0.2) is 26.9 Å². The summed E-state index contributed by atoms with van der Waals surface area (Å²) in [5, 5.41) is 7.18. The third-order valence-electron chi connectivity index (χ3n) is 4.26. The molecule has 1 aromatic carbocycles. The van der Waals surface area contributed by atoms with Crippen LogP contribution in [0.25, 0.3) is 22.6 Å². The van der Waals surface area contributed by atoms with Gasteiger partial charge in [0, 0.05) is 11.8 Å². The SMILES string of the molecule is COc1ccc(-c2ncn(C3C=CCC3)c2-c2ccn[nH]2)cc1. The predicted octanol–water partition coefficient (Wildman–Crippen LogP) is 3.84. The molecule has 0 amide bonds. The van der Waals surface area contributed by atoms with Crippen molar-refractivity contribution in [3.63, 3.8) is 0 Å². The smallest absolute Gasteiger partial charge is 0.118 e. The molecular weight excluding hydrogens is 288 g/mol. The van der Waals surface area contributed by atoms with E-state index in [0.717, 1.165) is 41.2 Å². The van der Waals surface area contributed by atoms with Crippen LogP contribution in [0.2, 0.25) is 0 Å². The van der Waals surface area contributed by atoms with Crippen molar-refractivity contribution < 1.29 is 4.74 Å². The van der Waals surface area contributed by atoms with Crippen molar-refractivity contribution >= 4 is 0 Å². The minimum Gasteiger partial charge on any atom is -0.497 e. The Bertz CT molecular complexity index is 815. The lowest BCUT2D eigenvalue weighted by Gasteiger charge is -2.14. The molecule has 1 N–H and O–H groups in total. The molecule has 0 bridgehead atoms. The van der Waals surface area contributed by atoms with Gasteiger partial charge in [-0.15, -0.1) is 0 Å². The zero-order chi connectivity index (χ0) is 15.6. The molecule has 2 heterocycles. The number of nitrogens with zero attached hydrogens (tertiary/aromatic N) is 3. The average molecular weight is 306 g/mol. The summed E-state index contributed by atoms with van der Waals surface area (Å²) in [6.07, 6.45) is 10.4. The number of rotatable bonds is 4. The number of nitrogens with one attached hydrogen (secondary N) is 1. The quantitative estimate of drug-likeness (QED) is 0.745. The summed E-state index contributed by atoms with van der Waals surface area (Å²) < 4.78 is 7.48. The lowest BCUT2D eigenvalue weighted by atomic mass is 10.1. The normalized spacial score (nSPS) is 16.8. The van der Waals surface area contributed by atoms with Gasteiger partial charge in [0.05, 0.1) is 36.6 Å². The number of ether oxygens (including phenoxy) is 1. The molecule has 0 aliphatic heterocycles. The van der Waals surface area contributed by atoms with Gasteiger partial charge in [0.25, 0.3) is 0 Å². The second kappa shape index (κ2) is 5.76. The Hall–Kier alpha value is -2.82. The van der Waals surface area contributed by atoms with E-state index in [1.807, 2.05) is 36.7 Å². The monoisotopic (exact) mass is 306 g/mol. The molecule has 1 unspecified atom stereocenters. The van der Waals surface area contributed by atoms with Gasteiger partial charge in [-0.05, 0) is 43.2 Å². The van der Waals surface area contributed by atoms with Crippen molar-refractivity contribution in [3.05, 3.63) is 55.0 Å². The summed E-state index contributed by atoms with van der Waals surface area (Å²) >= 11 is 0. The van der Waals surface area contributed by atoms with Crippen LogP contribution >= 0.6 is 0 Å². The zero-order valence-corrected chi connectivity index (χ0v) is 12.9. The first kappa shape index (κ1) is 13.8. The fourth-order valence-corrected chi connectivity index (χ4v) is 3.08. The van der Waals surface area contributed by atoms with E-state index in [4.69, 9.17) is 4.74 Å². The van der Waals surface area contributed by atoms with Gasteiger partial charge in [0.1, 0.15) is 5.75 Å². The molecule has 5 heteroatoms. The Balaban J connectivity index is 1.84. The summed E-state index contributed by atoms with van der Waals surface area (Å²) in [5.41, 5.74) is 4.08. The largest absolute Gasteiger partial charge is 0.497 e. The number of H-pyrrole nitrogens is 1. The van der Waals surface area contributed by atoms with E-state index in [1.54, 1.807) is 13.3 Å². The standard InChI is InChI=1S/C18H18N4O/c1-23-15-8-6-13(7-9-15)17-18(16-10-11-20-21-16)22(12-19-17)14-4-2-3-5-14/h2,4,6-12,14H,3,5H2,1H3,(H,20,21). The highest BCUT2D eigenvalue weighted by Crippen LogP contribution is 2.35. The molecule has 0 radical (unpaired) electrons. The van der Waals surface area contributed by atoms with Crippen LogP contribution in [0.4, 0.5) is 0 Å². The molecule has 1 aliphatic carbocycles. The van der Waals surface area contributed by atoms with E-state index in [0.29, 0.717) is 6.04 Å². The summed E-state index contributed by atoms with van der Waals surface area (Å²) in [4.78, 5) is 4.68.